The van der Waals surface area contributed by atoms with Crippen LogP contribution in [0.3, 0.4) is 0 Å². The number of hydrogen-bond donors (Lipinski definition) is 0. The average molecular weight is 344 g/mol. The molecule has 5 nitrogen and oxygen atoms in total. The summed E-state index contributed by atoms with van der Waals surface area (Å²) in [5.41, 5.74) is 1.14. The molecule has 1 aromatic rings. The first-order valence-corrected chi connectivity index (χ1v) is 9.40. The number of likely N-dealkylation sites (tertiary alicyclic amines) is 2. The number of nitrogens with zero attached hydrogens (tertiary/aromatic N) is 2. The fourth-order valence-corrected chi connectivity index (χ4v) is 3.91. The first-order chi connectivity index (χ1) is 12.2. The molecule has 0 bridgehead atoms. The average Bonchev–Trinajstić information content (AvgIpc) is 3.04. The van der Waals surface area contributed by atoms with Crippen molar-refractivity contribution in [2.24, 2.45) is 0 Å². The van der Waals surface area contributed by atoms with E-state index in [4.69, 9.17) is 4.74 Å². The van der Waals surface area contributed by atoms with Crippen LogP contribution in [-0.2, 0) is 9.59 Å². The number of rotatable bonds is 5. The van der Waals surface area contributed by atoms with Crippen LogP contribution in [0.15, 0.2) is 24.3 Å². The quantitative estimate of drug-likeness (QED) is 0.824. The van der Waals surface area contributed by atoms with Gasteiger partial charge in [-0.25, -0.2) is 0 Å². The molecule has 25 heavy (non-hydrogen) atoms. The summed E-state index contributed by atoms with van der Waals surface area (Å²) >= 11 is 0. The molecule has 0 unspecified atom stereocenters. The van der Waals surface area contributed by atoms with Crippen molar-refractivity contribution in [3.63, 3.8) is 0 Å². The maximum absolute atomic E-state index is 12.8. The summed E-state index contributed by atoms with van der Waals surface area (Å²) < 4.78 is 5.31. The zero-order chi connectivity index (χ0) is 17.6. The Morgan fingerprint density at radius 2 is 2.08 bits per heavy atom. The molecule has 3 rings (SSSR count). The Bertz CT molecular complexity index is 617. The van der Waals surface area contributed by atoms with Crippen LogP contribution in [0.25, 0.3) is 0 Å². The van der Waals surface area contributed by atoms with Gasteiger partial charge in [-0.1, -0.05) is 18.6 Å². The third-order valence-corrected chi connectivity index (χ3v) is 5.32. The highest BCUT2D eigenvalue weighted by Crippen LogP contribution is 2.33. The summed E-state index contributed by atoms with van der Waals surface area (Å²) in [4.78, 5) is 28.7. The molecule has 0 saturated carbocycles. The molecule has 2 fully saturated rings. The molecule has 2 aliphatic heterocycles. The molecule has 2 aliphatic rings. The molecule has 0 radical (unpaired) electrons. The molecule has 2 amide bonds. The molecule has 0 aliphatic carbocycles. The maximum atomic E-state index is 12.8. The van der Waals surface area contributed by atoms with Gasteiger partial charge in [-0.2, -0.15) is 0 Å². The minimum Gasteiger partial charge on any atom is -0.497 e. The lowest BCUT2D eigenvalue weighted by atomic mass is 10.0. The van der Waals surface area contributed by atoms with Crippen molar-refractivity contribution in [3.05, 3.63) is 29.8 Å². The van der Waals surface area contributed by atoms with E-state index >= 15 is 0 Å². The molecule has 2 saturated heterocycles. The van der Waals surface area contributed by atoms with Gasteiger partial charge >= 0.3 is 0 Å². The second-order valence-corrected chi connectivity index (χ2v) is 6.96. The fourth-order valence-electron chi connectivity index (χ4n) is 3.91. The zero-order valence-corrected chi connectivity index (χ0v) is 15.1. The SMILES string of the molecule is COc1cccc([C@H]2CCCN2C(=O)CCN2CCCCCC2=O)c1. The lowest BCUT2D eigenvalue weighted by Crippen LogP contribution is -2.36. The van der Waals surface area contributed by atoms with Crippen molar-refractivity contribution in [1.82, 2.24) is 9.80 Å². The normalized spacial score (nSPS) is 21.3. The van der Waals surface area contributed by atoms with E-state index in [1.807, 2.05) is 28.0 Å². The Morgan fingerprint density at radius 3 is 2.92 bits per heavy atom. The lowest BCUT2D eigenvalue weighted by molar-refractivity contribution is -0.134. The summed E-state index contributed by atoms with van der Waals surface area (Å²) in [5, 5.41) is 0. The summed E-state index contributed by atoms with van der Waals surface area (Å²) in [7, 11) is 1.66. The van der Waals surface area contributed by atoms with Crippen LogP contribution in [-0.4, -0.2) is 48.4 Å². The highest BCUT2D eigenvalue weighted by Gasteiger charge is 2.30. The number of ether oxygens (including phenoxy) is 1. The number of methoxy groups -OCH3 is 1. The predicted molar refractivity (Wildman–Crippen MR) is 96.3 cm³/mol. The van der Waals surface area contributed by atoms with Gasteiger partial charge in [0.2, 0.25) is 11.8 Å². The van der Waals surface area contributed by atoms with Gasteiger partial charge in [0, 0.05) is 32.5 Å². The van der Waals surface area contributed by atoms with Crippen LogP contribution >= 0.6 is 0 Å². The summed E-state index contributed by atoms with van der Waals surface area (Å²) in [6.07, 6.45) is 6.21. The molecular formula is C20H28N2O3. The smallest absolute Gasteiger partial charge is 0.224 e. The van der Waals surface area contributed by atoms with Crippen molar-refractivity contribution in [2.75, 3.05) is 26.7 Å². The first-order valence-electron chi connectivity index (χ1n) is 9.40. The third-order valence-electron chi connectivity index (χ3n) is 5.32. The number of amides is 2. The Morgan fingerprint density at radius 1 is 1.20 bits per heavy atom. The Balaban J connectivity index is 1.61. The van der Waals surface area contributed by atoms with Gasteiger partial charge in [0.1, 0.15) is 5.75 Å². The molecule has 2 heterocycles. The van der Waals surface area contributed by atoms with Gasteiger partial charge in [0.05, 0.1) is 13.2 Å². The second-order valence-electron chi connectivity index (χ2n) is 6.96. The minimum atomic E-state index is 0.127. The van der Waals surface area contributed by atoms with E-state index < -0.39 is 0 Å². The van der Waals surface area contributed by atoms with Crippen molar-refractivity contribution in [1.29, 1.82) is 0 Å². The topological polar surface area (TPSA) is 49.9 Å². The van der Waals surface area contributed by atoms with E-state index in [1.54, 1.807) is 7.11 Å². The molecule has 0 N–H and O–H groups in total. The van der Waals surface area contributed by atoms with Crippen LogP contribution in [0.5, 0.6) is 5.75 Å². The molecule has 0 aromatic heterocycles. The van der Waals surface area contributed by atoms with Gasteiger partial charge in [-0.15, -0.1) is 0 Å². The van der Waals surface area contributed by atoms with Gasteiger partial charge < -0.3 is 14.5 Å². The maximum Gasteiger partial charge on any atom is 0.224 e. The van der Waals surface area contributed by atoms with Crippen LogP contribution in [0.2, 0.25) is 0 Å². The summed E-state index contributed by atoms with van der Waals surface area (Å²) in [6, 6.07) is 8.12. The van der Waals surface area contributed by atoms with Crippen LogP contribution < -0.4 is 4.74 Å². The summed E-state index contributed by atoms with van der Waals surface area (Å²) in [5.74, 6) is 1.19. The van der Waals surface area contributed by atoms with E-state index in [1.165, 1.54) is 0 Å². The van der Waals surface area contributed by atoms with E-state index in [0.717, 1.165) is 56.5 Å². The predicted octanol–water partition coefficient (Wildman–Crippen LogP) is 3.15. The van der Waals surface area contributed by atoms with E-state index in [-0.39, 0.29) is 17.9 Å². The number of carbonyl (C=O) groups is 2. The number of hydrogen-bond acceptors (Lipinski definition) is 3. The van der Waals surface area contributed by atoms with Crippen molar-refractivity contribution in [3.8, 4) is 5.75 Å². The van der Waals surface area contributed by atoms with Crippen LogP contribution in [0, 0.1) is 0 Å². The van der Waals surface area contributed by atoms with Gasteiger partial charge in [0.15, 0.2) is 0 Å². The Kier molecular flexibility index (Phi) is 5.95. The first kappa shape index (κ1) is 17.8. The number of benzene rings is 1. The zero-order valence-electron chi connectivity index (χ0n) is 15.1. The number of carbonyl (C=O) groups excluding carboxylic acids is 2. The van der Waals surface area contributed by atoms with Gasteiger partial charge in [0.25, 0.3) is 0 Å². The Labute approximate surface area is 149 Å². The molecular weight excluding hydrogens is 316 g/mol. The largest absolute Gasteiger partial charge is 0.497 e. The van der Waals surface area contributed by atoms with Gasteiger partial charge in [-0.3, -0.25) is 9.59 Å². The minimum absolute atomic E-state index is 0.127. The second kappa shape index (κ2) is 8.37. The molecule has 136 valence electrons. The lowest BCUT2D eigenvalue weighted by Gasteiger charge is -2.27. The van der Waals surface area contributed by atoms with Crippen molar-refractivity contribution < 1.29 is 14.3 Å². The van der Waals surface area contributed by atoms with E-state index in [2.05, 4.69) is 6.07 Å². The monoisotopic (exact) mass is 344 g/mol. The molecule has 1 atom stereocenters. The fraction of sp³-hybridized carbons (Fsp3) is 0.600. The van der Waals surface area contributed by atoms with Crippen molar-refractivity contribution in [2.45, 2.75) is 51.0 Å². The highest BCUT2D eigenvalue weighted by atomic mass is 16.5. The summed E-state index contributed by atoms with van der Waals surface area (Å²) in [6.45, 7) is 2.15. The third kappa shape index (κ3) is 4.33. The van der Waals surface area contributed by atoms with Gasteiger partial charge in [-0.05, 0) is 43.4 Å². The highest BCUT2D eigenvalue weighted by molar-refractivity contribution is 5.79. The van der Waals surface area contributed by atoms with Crippen LogP contribution in [0.4, 0.5) is 0 Å². The van der Waals surface area contributed by atoms with E-state index in [9.17, 15) is 9.59 Å². The molecule has 0 spiro atoms. The molecule has 1 aromatic carbocycles. The Hall–Kier alpha value is -2.04. The van der Waals surface area contributed by atoms with E-state index in [0.29, 0.717) is 19.4 Å². The molecule has 5 heteroatoms. The van der Waals surface area contributed by atoms with Crippen molar-refractivity contribution >= 4 is 11.8 Å². The standard InChI is InChI=1S/C20H28N2O3/c1-25-17-8-5-7-16(15-17)18-9-6-13-22(18)20(24)11-14-21-12-4-2-3-10-19(21)23/h5,7-8,15,18H,2-4,6,9-14H2,1H3/t18-/m1/s1. The van der Waals surface area contributed by atoms with Crippen LogP contribution in [0.1, 0.15) is 56.6 Å².